The molecule has 0 aliphatic carbocycles. The fraction of sp³-hybridized carbons (Fsp3) is 0.100. The SMILES string of the molecule is Cc1cccc(Nc2nc(Cl)ncc2Br)n1. The molecule has 82 valence electrons. The molecule has 0 atom stereocenters. The van der Waals surface area contributed by atoms with Crippen molar-refractivity contribution in [3.63, 3.8) is 0 Å². The number of rotatable bonds is 2. The van der Waals surface area contributed by atoms with Gasteiger partial charge in [0.25, 0.3) is 0 Å². The molecule has 4 nitrogen and oxygen atoms in total. The van der Waals surface area contributed by atoms with Crippen molar-refractivity contribution < 1.29 is 0 Å². The van der Waals surface area contributed by atoms with Crippen molar-refractivity contribution in [3.8, 4) is 0 Å². The van der Waals surface area contributed by atoms with E-state index in [1.165, 1.54) is 0 Å². The fourth-order valence-corrected chi connectivity index (χ4v) is 1.59. The van der Waals surface area contributed by atoms with Gasteiger partial charge >= 0.3 is 0 Å². The lowest BCUT2D eigenvalue weighted by molar-refractivity contribution is 1.13. The highest BCUT2D eigenvalue weighted by Crippen LogP contribution is 2.23. The summed E-state index contributed by atoms with van der Waals surface area (Å²) in [4.78, 5) is 12.2. The first-order valence-corrected chi connectivity index (χ1v) is 5.71. The summed E-state index contributed by atoms with van der Waals surface area (Å²) in [6.45, 7) is 1.92. The van der Waals surface area contributed by atoms with E-state index in [2.05, 4.69) is 36.2 Å². The van der Waals surface area contributed by atoms with Crippen molar-refractivity contribution in [1.29, 1.82) is 0 Å². The Hall–Kier alpha value is -1.20. The molecule has 0 aromatic carbocycles. The molecule has 16 heavy (non-hydrogen) atoms. The van der Waals surface area contributed by atoms with Gasteiger partial charge in [-0.3, -0.25) is 0 Å². The second kappa shape index (κ2) is 4.76. The molecule has 0 spiro atoms. The highest BCUT2D eigenvalue weighted by atomic mass is 79.9. The van der Waals surface area contributed by atoms with Gasteiger partial charge in [-0.25, -0.2) is 9.97 Å². The van der Waals surface area contributed by atoms with Crippen LogP contribution < -0.4 is 5.32 Å². The molecule has 0 aliphatic rings. The molecule has 6 heteroatoms. The van der Waals surface area contributed by atoms with Crippen LogP contribution >= 0.6 is 27.5 Å². The first-order valence-electron chi connectivity index (χ1n) is 4.54. The first-order chi connectivity index (χ1) is 7.65. The zero-order chi connectivity index (χ0) is 11.5. The fourth-order valence-electron chi connectivity index (χ4n) is 1.17. The van der Waals surface area contributed by atoms with E-state index in [0.29, 0.717) is 5.82 Å². The highest BCUT2D eigenvalue weighted by Gasteiger charge is 2.04. The molecule has 0 unspecified atom stereocenters. The van der Waals surface area contributed by atoms with Gasteiger partial charge in [0.2, 0.25) is 5.28 Å². The zero-order valence-electron chi connectivity index (χ0n) is 8.41. The average molecular weight is 300 g/mol. The minimum Gasteiger partial charge on any atom is -0.324 e. The Kier molecular flexibility index (Phi) is 3.36. The van der Waals surface area contributed by atoms with Crippen LogP contribution in [-0.2, 0) is 0 Å². The molecular formula is C10H8BrClN4. The molecule has 0 radical (unpaired) electrons. The largest absolute Gasteiger partial charge is 0.324 e. The van der Waals surface area contributed by atoms with Crippen molar-refractivity contribution in [2.24, 2.45) is 0 Å². The maximum Gasteiger partial charge on any atom is 0.224 e. The van der Waals surface area contributed by atoms with Crippen LogP contribution in [0.4, 0.5) is 11.6 Å². The van der Waals surface area contributed by atoms with E-state index in [4.69, 9.17) is 11.6 Å². The van der Waals surface area contributed by atoms with Crippen LogP contribution in [0.15, 0.2) is 28.9 Å². The van der Waals surface area contributed by atoms with Gasteiger partial charge in [0.15, 0.2) is 5.82 Å². The van der Waals surface area contributed by atoms with Crippen LogP contribution in [0.1, 0.15) is 5.69 Å². The van der Waals surface area contributed by atoms with Gasteiger partial charge < -0.3 is 5.32 Å². The quantitative estimate of drug-likeness (QED) is 0.864. The van der Waals surface area contributed by atoms with Gasteiger partial charge in [0, 0.05) is 11.9 Å². The first kappa shape index (κ1) is 11.3. The zero-order valence-corrected chi connectivity index (χ0v) is 10.7. The van der Waals surface area contributed by atoms with Crippen LogP contribution in [0.5, 0.6) is 0 Å². The average Bonchev–Trinajstić information content (AvgIpc) is 2.24. The van der Waals surface area contributed by atoms with Crippen molar-refractivity contribution in [1.82, 2.24) is 15.0 Å². The van der Waals surface area contributed by atoms with Gasteiger partial charge in [-0.15, -0.1) is 0 Å². The number of nitrogens with zero attached hydrogens (tertiary/aromatic N) is 3. The predicted molar refractivity (Wildman–Crippen MR) is 67.0 cm³/mol. The van der Waals surface area contributed by atoms with E-state index in [0.717, 1.165) is 16.0 Å². The molecular weight excluding hydrogens is 291 g/mol. The third-order valence-corrected chi connectivity index (χ3v) is 2.61. The molecule has 0 bridgehead atoms. The van der Waals surface area contributed by atoms with Gasteiger partial charge in [-0.2, -0.15) is 4.98 Å². The molecule has 2 aromatic heterocycles. The molecule has 2 rings (SSSR count). The maximum atomic E-state index is 5.71. The molecule has 2 aromatic rings. The lowest BCUT2D eigenvalue weighted by Crippen LogP contribution is -1.98. The summed E-state index contributed by atoms with van der Waals surface area (Å²) in [5.74, 6) is 1.31. The molecule has 0 saturated heterocycles. The molecule has 0 saturated carbocycles. The summed E-state index contributed by atoms with van der Waals surface area (Å²) in [5.41, 5.74) is 0.932. The minimum atomic E-state index is 0.193. The number of hydrogen-bond donors (Lipinski definition) is 1. The summed E-state index contributed by atoms with van der Waals surface area (Å²) in [6.07, 6.45) is 1.59. The van der Waals surface area contributed by atoms with Crippen molar-refractivity contribution in [3.05, 3.63) is 39.8 Å². The van der Waals surface area contributed by atoms with Crippen molar-refractivity contribution >= 4 is 39.2 Å². The molecule has 0 fully saturated rings. The number of aryl methyl sites for hydroxylation is 1. The normalized spacial score (nSPS) is 10.2. The van der Waals surface area contributed by atoms with E-state index in [-0.39, 0.29) is 5.28 Å². The second-order valence-electron chi connectivity index (χ2n) is 3.12. The Morgan fingerprint density at radius 1 is 1.31 bits per heavy atom. The molecule has 1 N–H and O–H groups in total. The summed E-state index contributed by atoms with van der Waals surface area (Å²) in [5, 5.41) is 3.25. The van der Waals surface area contributed by atoms with Crippen LogP contribution in [0, 0.1) is 6.92 Å². The topological polar surface area (TPSA) is 50.7 Å². The lowest BCUT2D eigenvalue weighted by Gasteiger charge is -2.06. The van der Waals surface area contributed by atoms with Crippen LogP contribution in [0.3, 0.4) is 0 Å². The Balaban J connectivity index is 2.30. The number of hydrogen-bond acceptors (Lipinski definition) is 4. The number of nitrogens with one attached hydrogen (secondary N) is 1. The molecule has 0 aliphatic heterocycles. The van der Waals surface area contributed by atoms with E-state index < -0.39 is 0 Å². The third kappa shape index (κ3) is 2.68. The van der Waals surface area contributed by atoms with Gasteiger partial charge in [0.05, 0.1) is 4.47 Å². The summed E-state index contributed by atoms with van der Waals surface area (Å²) in [7, 11) is 0. The third-order valence-electron chi connectivity index (χ3n) is 1.85. The number of halogens is 2. The second-order valence-corrected chi connectivity index (χ2v) is 4.32. The van der Waals surface area contributed by atoms with E-state index in [9.17, 15) is 0 Å². The van der Waals surface area contributed by atoms with Crippen LogP contribution in [0.2, 0.25) is 5.28 Å². The van der Waals surface area contributed by atoms with Crippen molar-refractivity contribution in [2.45, 2.75) is 6.92 Å². The lowest BCUT2D eigenvalue weighted by atomic mass is 10.4. The Morgan fingerprint density at radius 2 is 2.12 bits per heavy atom. The smallest absolute Gasteiger partial charge is 0.224 e. The summed E-state index contributed by atoms with van der Waals surface area (Å²) >= 11 is 9.04. The van der Waals surface area contributed by atoms with E-state index in [1.807, 2.05) is 25.1 Å². The Morgan fingerprint density at radius 3 is 2.88 bits per heavy atom. The van der Waals surface area contributed by atoms with Crippen LogP contribution in [-0.4, -0.2) is 15.0 Å². The van der Waals surface area contributed by atoms with E-state index in [1.54, 1.807) is 6.20 Å². The minimum absolute atomic E-state index is 0.193. The molecule has 0 amide bonds. The number of aromatic nitrogens is 3. The van der Waals surface area contributed by atoms with Crippen molar-refractivity contribution in [2.75, 3.05) is 5.32 Å². The Bertz CT molecular complexity index is 518. The standard InChI is InChI=1S/C10H8BrClN4/c1-6-3-2-4-8(14-6)15-9-7(11)5-13-10(12)16-9/h2-5H,1H3,(H,13,14,15,16). The van der Waals surface area contributed by atoms with E-state index >= 15 is 0 Å². The molecule has 2 heterocycles. The maximum absolute atomic E-state index is 5.71. The summed E-state index contributed by atoms with van der Waals surface area (Å²) in [6, 6.07) is 5.70. The summed E-state index contributed by atoms with van der Waals surface area (Å²) < 4.78 is 0.736. The van der Waals surface area contributed by atoms with Gasteiger partial charge in [0.1, 0.15) is 5.82 Å². The van der Waals surface area contributed by atoms with Gasteiger partial charge in [-0.1, -0.05) is 6.07 Å². The number of anilines is 2. The Labute approximate surface area is 106 Å². The predicted octanol–water partition coefficient (Wildman–Crippen LogP) is 3.34. The monoisotopic (exact) mass is 298 g/mol. The number of pyridine rings is 1. The van der Waals surface area contributed by atoms with Crippen LogP contribution in [0.25, 0.3) is 0 Å². The van der Waals surface area contributed by atoms with Gasteiger partial charge in [-0.05, 0) is 46.6 Å². The highest BCUT2D eigenvalue weighted by molar-refractivity contribution is 9.10.